The number of hydrogen-bond acceptors (Lipinski definition) is 7. The van der Waals surface area contributed by atoms with Gasteiger partial charge in [0.2, 0.25) is 5.91 Å². The lowest BCUT2D eigenvalue weighted by Crippen LogP contribution is -2.23. The summed E-state index contributed by atoms with van der Waals surface area (Å²) in [5.74, 6) is 1.84. The molecular formula is C20H21N5O4S. The summed E-state index contributed by atoms with van der Waals surface area (Å²) in [4.78, 5) is 22.2. The summed E-state index contributed by atoms with van der Waals surface area (Å²) in [5, 5.41) is 22.9. The fourth-order valence-corrected chi connectivity index (χ4v) is 3.62. The molecule has 30 heavy (non-hydrogen) atoms. The number of ether oxygens (including phenoxy) is 1. The lowest BCUT2D eigenvalue weighted by Gasteiger charge is -2.11. The third kappa shape index (κ3) is 5.15. The summed E-state index contributed by atoms with van der Waals surface area (Å²) in [6.07, 6.45) is 0.364. The van der Waals surface area contributed by atoms with Crippen molar-refractivity contribution in [3.8, 4) is 11.4 Å². The van der Waals surface area contributed by atoms with Crippen LogP contribution in [0, 0.1) is 10.1 Å². The number of methoxy groups -OCH3 is 1. The molecule has 10 heteroatoms. The van der Waals surface area contributed by atoms with E-state index in [1.165, 1.54) is 23.9 Å². The van der Waals surface area contributed by atoms with E-state index < -0.39 is 4.92 Å². The van der Waals surface area contributed by atoms with Crippen LogP contribution in [-0.4, -0.2) is 32.7 Å². The Morgan fingerprint density at radius 1 is 1.23 bits per heavy atom. The highest BCUT2D eigenvalue weighted by Crippen LogP contribution is 2.27. The number of amides is 1. The highest BCUT2D eigenvalue weighted by molar-refractivity contribution is 7.98. The van der Waals surface area contributed by atoms with E-state index in [-0.39, 0.29) is 18.1 Å². The molecule has 1 amide bonds. The SMILES string of the molecule is CCC(=O)NCc1nnc(SCc2cccc(OC)c2)n1-c1ccc([N+](=O)[O-])cc1. The average Bonchev–Trinajstić information content (AvgIpc) is 3.18. The molecule has 9 nitrogen and oxygen atoms in total. The zero-order chi connectivity index (χ0) is 21.5. The Hall–Kier alpha value is -3.40. The molecule has 3 aromatic rings. The van der Waals surface area contributed by atoms with Crippen molar-refractivity contribution in [2.45, 2.75) is 30.8 Å². The van der Waals surface area contributed by atoms with Crippen LogP contribution in [0.2, 0.25) is 0 Å². The first-order valence-electron chi connectivity index (χ1n) is 9.23. The minimum atomic E-state index is -0.448. The molecule has 2 aromatic carbocycles. The molecule has 0 aliphatic heterocycles. The number of non-ortho nitro benzene ring substituents is 1. The van der Waals surface area contributed by atoms with Crippen molar-refractivity contribution >= 4 is 23.4 Å². The van der Waals surface area contributed by atoms with Gasteiger partial charge in [-0.3, -0.25) is 19.5 Å². The first-order valence-corrected chi connectivity index (χ1v) is 10.2. The monoisotopic (exact) mass is 427 g/mol. The number of aromatic nitrogens is 3. The number of carbonyl (C=O) groups is 1. The molecule has 0 unspecified atom stereocenters. The second kappa shape index (κ2) is 9.88. The van der Waals surface area contributed by atoms with E-state index in [0.29, 0.717) is 28.8 Å². The Bertz CT molecular complexity index is 1040. The number of hydrogen-bond donors (Lipinski definition) is 1. The van der Waals surface area contributed by atoms with Gasteiger partial charge in [0.15, 0.2) is 11.0 Å². The van der Waals surface area contributed by atoms with Gasteiger partial charge in [-0.1, -0.05) is 30.8 Å². The fraction of sp³-hybridized carbons (Fsp3) is 0.250. The second-order valence-corrected chi connectivity index (χ2v) is 7.22. The van der Waals surface area contributed by atoms with E-state index in [0.717, 1.165) is 11.3 Å². The summed E-state index contributed by atoms with van der Waals surface area (Å²) < 4.78 is 7.06. The number of nitrogens with zero attached hydrogens (tertiary/aromatic N) is 4. The van der Waals surface area contributed by atoms with Crippen LogP contribution in [0.25, 0.3) is 5.69 Å². The highest BCUT2D eigenvalue weighted by Gasteiger charge is 2.16. The van der Waals surface area contributed by atoms with Gasteiger partial charge in [0.05, 0.1) is 18.6 Å². The van der Waals surface area contributed by atoms with Crippen molar-refractivity contribution in [3.63, 3.8) is 0 Å². The number of rotatable bonds is 9. The summed E-state index contributed by atoms with van der Waals surface area (Å²) in [5.41, 5.74) is 1.73. The lowest BCUT2D eigenvalue weighted by molar-refractivity contribution is -0.384. The van der Waals surface area contributed by atoms with Gasteiger partial charge in [0.1, 0.15) is 5.75 Å². The summed E-state index contributed by atoms with van der Waals surface area (Å²) >= 11 is 1.47. The van der Waals surface area contributed by atoms with E-state index in [1.807, 2.05) is 24.3 Å². The van der Waals surface area contributed by atoms with Crippen molar-refractivity contribution in [2.24, 2.45) is 0 Å². The zero-order valence-electron chi connectivity index (χ0n) is 16.6. The third-order valence-electron chi connectivity index (χ3n) is 4.29. The lowest BCUT2D eigenvalue weighted by atomic mass is 10.2. The largest absolute Gasteiger partial charge is 0.497 e. The Balaban J connectivity index is 1.88. The van der Waals surface area contributed by atoms with Gasteiger partial charge in [-0.2, -0.15) is 0 Å². The van der Waals surface area contributed by atoms with Crippen LogP contribution in [0.5, 0.6) is 5.75 Å². The van der Waals surface area contributed by atoms with Crippen molar-refractivity contribution in [3.05, 3.63) is 70.0 Å². The molecule has 156 valence electrons. The van der Waals surface area contributed by atoms with Crippen LogP contribution < -0.4 is 10.1 Å². The first kappa shape index (κ1) is 21.3. The van der Waals surface area contributed by atoms with Gasteiger partial charge < -0.3 is 10.1 Å². The molecule has 0 saturated carbocycles. The maximum Gasteiger partial charge on any atom is 0.269 e. The standard InChI is InChI=1S/C20H21N5O4S/c1-3-19(26)21-12-18-22-23-20(30-13-14-5-4-6-17(11-14)29-2)24(18)15-7-9-16(10-8-15)25(27)28/h4-11H,3,12-13H2,1-2H3,(H,21,26). The minimum absolute atomic E-state index is 0.00163. The van der Waals surface area contributed by atoms with E-state index in [4.69, 9.17) is 4.74 Å². The average molecular weight is 427 g/mol. The molecule has 0 aliphatic carbocycles. The second-order valence-electron chi connectivity index (χ2n) is 6.28. The van der Waals surface area contributed by atoms with Gasteiger partial charge >= 0.3 is 0 Å². The Kier molecular flexibility index (Phi) is 7.02. The normalized spacial score (nSPS) is 10.6. The molecule has 1 aromatic heterocycles. The molecule has 0 bridgehead atoms. The molecule has 0 aliphatic rings. The summed E-state index contributed by atoms with van der Waals surface area (Å²) in [6.45, 7) is 1.97. The summed E-state index contributed by atoms with van der Waals surface area (Å²) in [7, 11) is 1.62. The van der Waals surface area contributed by atoms with Gasteiger partial charge in [-0.05, 0) is 29.8 Å². The van der Waals surface area contributed by atoms with Crippen LogP contribution in [0.4, 0.5) is 5.69 Å². The van der Waals surface area contributed by atoms with Crippen LogP contribution in [0.1, 0.15) is 24.7 Å². The number of nitro benzene ring substituents is 1. The molecule has 1 heterocycles. The topological polar surface area (TPSA) is 112 Å². The molecule has 0 spiro atoms. The van der Waals surface area contributed by atoms with Crippen LogP contribution in [0.3, 0.4) is 0 Å². The van der Waals surface area contributed by atoms with Crippen LogP contribution in [0.15, 0.2) is 53.7 Å². The van der Waals surface area contributed by atoms with Crippen molar-refractivity contribution in [1.29, 1.82) is 0 Å². The summed E-state index contributed by atoms with van der Waals surface area (Å²) in [6, 6.07) is 13.9. The third-order valence-corrected chi connectivity index (χ3v) is 5.29. The highest BCUT2D eigenvalue weighted by atomic mass is 32.2. The molecule has 0 saturated heterocycles. The molecule has 0 atom stereocenters. The number of nitro groups is 1. The molecule has 0 fully saturated rings. The molecule has 1 N–H and O–H groups in total. The van der Waals surface area contributed by atoms with Gasteiger partial charge in [0, 0.05) is 30.0 Å². The van der Waals surface area contributed by atoms with E-state index in [2.05, 4.69) is 15.5 Å². The predicted molar refractivity (Wildman–Crippen MR) is 113 cm³/mol. The number of nitrogens with one attached hydrogen (secondary N) is 1. The van der Waals surface area contributed by atoms with Crippen molar-refractivity contribution < 1.29 is 14.5 Å². The predicted octanol–water partition coefficient (Wildman–Crippen LogP) is 3.50. The molecule has 0 radical (unpaired) electrons. The van der Waals surface area contributed by atoms with Gasteiger partial charge in [-0.25, -0.2) is 0 Å². The van der Waals surface area contributed by atoms with Gasteiger partial charge in [0.25, 0.3) is 5.69 Å². The smallest absolute Gasteiger partial charge is 0.269 e. The molecular weight excluding hydrogens is 406 g/mol. The van der Waals surface area contributed by atoms with Crippen molar-refractivity contribution in [2.75, 3.05) is 7.11 Å². The number of benzene rings is 2. The number of carbonyl (C=O) groups excluding carboxylic acids is 1. The van der Waals surface area contributed by atoms with Gasteiger partial charge in [-0.15, -0.1) is 10.2 Å². The van der Waals surface area contributed by atoms with E-state index in [9.17, 15) is 14.9 Å². The zero-order valence-corrected chi connectivity index (χ0v) is 17.4. The van der Waals surface area contributed by atoms with Crippen LogP contribution >= 0.6 is 11.8 Å². The van der Waals surface area contributed by atoms with Crippen molar-refractivity contribution in [1.82, 2.24) is 20.1 Å². The Labute approximate surface area is 177 Å². The van der Waals surface area contributed by atoms with E-state index >= 15 is 0 Å². The quantitative estimate of drug-likeness (QED) is 0.316. The maximum atomic E-state index is 11.7. The molecule has 3 rings (SSSR count). The fourth-order valence-electron chi connectivity index (χ4n) is 2.70. The van der Waals surface area contributed by atoms with E-state index in [1.54, 1.807) is 30.7 Å². The first-order chi connectivity index (χ1) is 14.5. The Morgan fingerprint density at radius 2 is 2.00 bits per heavy atom. The minimum Gasteiger partial charge on any atom is -0.497 e. The number of thioether (sulfide) groups is 1. The Morgan fingerprint density at radius 3 is 2.67 bits per heavy atom. The maximum absolute atomic E-state index is 11.7. The van der Waals surface area contributed by atoms with Crippen LogP contribution in [-0.2, 0) is 17.1 Å².